The minimum atomic E-state index is -0.442. The highest BCUT2D eigenvalue weighted by Gasteiger charge is 2.04. The third-order valence-electron chi connectivity index (χ3n) is 3.13. The van der Waals surface area contributed by atoms with Gasteiger partial charge in [-0.1, -0.05) is 19.9 Å². The number of nitro groups is 1. The summed E-state index contributed by atoms with van der Waals surface area (Å²) in [5.41, 5.74) is 0.835. The van der Waals surface area contributed by atoms with Crippen LogP contribution >= 0.6 is 0 Å². The lowest BCUT2D eigenvalue weighted by molar-refractivity contribution is -0.384. The van der Waals surface area contributed by atoms with Crippen LogP contribution in [0.2, 0.25) is 0 Å². The first-order valence-corrected chi connectivity index (χ1v) is 6.74. The summed E-state index contributed by atoms with van der Waals surface area (Å²) in [6.45, 7) is 6.78. The molecule has 108 valence electrons. The van der Waals surface area contributed by atoms with Crippen molar-refractivity contribution in [2.75, 3.05) is 19.6 Å². The summed E-state index contributed by atoms with van der Waals surface area (Å²) in [6.07, 6.45) is 3.71. The van der Waals surface area contributed by atoms with E-state index in [0.29, 0.717) is 6.42 Å². The van der Waals surface area contributed by atoms with E-state index in [2.05, 4.69) is 18.7 Å². The van der Waals surface area contributed by atoms with E-state index in [1.165, 1.54) is 18.2 Å². The van der Waals surface area contributed by atoms with Gasteiger partial charge in [-0.15, -0.1) is 0 Å². The van der Waals surface area contributed by atoms with Crippen molar-refractivity contribution in [2.45, 2.75) is 20.3 Å². The number of benzene rings is 1. The van der Waals surface area contributed by atoms with Crippen LogP contribution in [0.4, 0.5) is 5.69 Å². The molecule has 0 aliphatic carbocycles. The highest BCUT2D eigenvalue weighted by molar-refractivity contribution is 5.93. The van der Waals surface area contributed by atoms with Gasteiger partial charge in [0.25, 0.3) is 5.69 Å². The van der Waals surface area contributed by atoms with E-state index < -0.39 is 4.92 Å². The molecule has 1 aromatic carbocycles. The first-order valence-electron chi connectivity index (χ1n) is 6.74. The van der Waals surface area contributed by atoms with Crippen LogP contribution in [0.25, 0.3) is 6.08 Å². The Labute approximate surface area is 119 Å². The average molecular weight is 276 g/mol. The zero-order valence-electron chi connectivity index (χ0n) is 11.9. The lowest BCUT2D eigenvalue weighted by Gasteiger charge is -2.16. The molecule has 0 unspecified atom stereocenters. The molecule has 5 nitrogen and oxygen atoms in total. The lowest BCUT2D eigenvalue weighted by Crippen LogP contribution is -2.25. The van der Waals surface area contributed by atoms with Gasteiger partial charge in [0, 0.05) is 25.1 Å². The third-order valence-corrected chi connectivity index (χ3v) is 3.13. The van der Waals surface area contributed by atoms with Gasteiger partial charge in [-0.3, -0.25) is 14.9 Å². The molecule has 0 spiro atoms. The summed E-state index contributed by atoms with van der Waals surface area (Å²) >= 11 is 0. The molecule has 1 rings (SSSR count). The Kier molecular flexibility index (Phi) is 6.59. The summed E-state index contributed by atoms with van der Waals surface area (Å²) in [6, 6.07) is 6.12. The second-order valence-electron chi connectivity index (χ2n) is 4.43. The molecular formula is C15H20N2O3. The number of ketones is 1. The van der Waals surface area contributed by atoms with Crippen LogP contribution in [-0.2, 0) is 4.79 Å². The Bertz CT molecular complexity index is 476. The predicted octanol–water partition coefficient (Wildman–Crippen LogP) is 2.91. The second kappa shape index (κ2) is 8.22. The van der Waals surface area contributed by atoms with Crippen molar-refractivity contribution in [3.05, 3.63) is 46.0 Å². The molecule has 0 radical (unpaired) electrons. The largest absolute Gasteiger partial charge is 0.303 e. The molecule has 0 saturated carbocycles. The third kappa shape index (κ3) is 5.32. The molecule has 0 aliphatic rings. The van der Waals surface area contributed by atoms with Crippen molar-refractivity contribution in [3.8, 4) is 0 Å². The van der Waals surface area contributed by atoms with E-state index in [4.69, 9.17) is 0 Å². The highest BCUT2D eigenvalue weighted by Crippen LogP contribution is 2.12. The summed E-state index contributed by atoms with van der Waals surface area (Å²) in [7, 11) is 0. The number of allylic oxidation sites excluding steroid dienone is 1. The summed E-state index contributed by atoms with van der Waals surface area (Å²) in [5, 5.41) is 10.5. The fourth-order valence-corrected chi connectivity index (χ4v) is 1.79. The molecule has 0 heterocycles. The van der Waals surface area contributed by atoms with E-state index in [-0.39, 0.29) is 11.5 Å². The minimum Gasteiger partial charge on any atom is -0.303 e. The van der Waals surface area contributed by atoms with Gasteiger partial charge in [-0.25, -0.2) is 0 Å². The second-order valence-corrected chi connectivity index (χ2v) is 4.43. The number of nitro benzene ring substituents is 1. The predicted molar refractivity (Wildman–Crippen MR) is 79.5 cm³/mol. The molecule has 0 aromatic heterocycles. The van der Waals surface area contributed by atoms with Gasteiger partial charge in [0.05, 0.1) is 4.92 Å². The molecule has 0 amide bonds. The summed E-state index contributed by atoms with van der Waals surface area (Å²) < 4.78 is 0. The molecule has 0 atom stereocenters. The standard InChI is InChI=1S/C15H20N2O3/c1-3-16(4-2)12-11-15(18)10-7-13-5-8-14(9-6-13)17(19)20/h5-10H,3-4,11-12H2,1-2H3/b10-7+. The molecule has 1 aromatic rings. The molecule has 0 aliphatic heterocycles. The highest BCUT2D eigenvalue weighted by atomic mass is 16.6. The van der Waals surface area contributed by atoms with Crippen molar-refractivity contribution in [1.82, 2.24) is 4.90 Å². The topological polar surface area (TPSA) is 63.5 Å². The molecular weight excluding hydrogens is 256 g/mol. The Hall–Kier alpha value is -2.01. The van der Waals surface area contributed by atoms with Crippen LogP contribution in [0, 0.1) is 10.1 Å². The maximum absolute atomic E-state index is 11.7. The van der Waals surface area contributed by atoms with Crippen LogP contribution in [0.3, 0.4) is 0 Å². The van der Waals surface area contributed by atoms with Gasteiger partial charge in [-0.05, 0) is 36.9 Å². The summed E-state index contributed by atoms with van der Waals surface area (Å²) in [4.78, 5) is 24.0. The quantitative estimate of drug-likeness (QED) is 0.416. The van der Waals surface area contributed by atoms with Crippen LogP contribution in [-0.4, -0.2) is 35.2 Å². The molecule has 0 saturated heterocycles. The van der Waals surface area contributed by atoms with Crippen molar-refractivity contribution >= 4 is 17.5 Å². The van der Waals surface area contributed by atoms with Crippen LogP contribution in [0.5, 0.6) is 0 Å². The van der Waals surface area contributed by atoms with Gasteiger partial charge in [-0.2, -0.15) is 0 Å². The molecule has 0 N–H and O–H groups in total. The van der Waals surface area contributed by atoms with Gasteiger partial charge in [0.1, 0.15) is 0 Å². The minimum absolute atomic E-state index is 0.0509. The molecule has 5 heteroatoms. The van der Waals surface area contributed by atoms with Gasteiger partial charge < -0.3 is 4.90 Å². The monoisotopic (exact) mass is 276 g/mol. The van der Waals surface area contributed by atoms with E-state index in [1.807, 2.05) is 0 Å². The Morgan fingerprint density at radius 2 is 1.85 bits per heavy atom. The summed E-state index contributed by atoms with van der Waals surface area (Å²) in [5.74, 6) is 0.0650. The van der Waals surface area contributed by atoms with E-state index in [0.717, 1.165) is 25.2 Å². The smallest absolute Gasteiger partial charge is 0.269 e. The molecule has 0 bridgehead atoms. The lowest BCUT2D eigenvalue weighted by atomic mass is 10.1. The Morgan fingerprint density at radius 1 is 1.25 bits per heavy atom. The van der Waals surface area contributed by atoms with Crippen molar-refractivity contribution in [1.29, 1.82) is 0 Å². The van der Waals surface area contributed by atoms with Crippen molar-refractivity contribution < 1.29 is 9.72 Å². The number of carbonyl (C=O) groups is 1. The Morgan fingerprint density at radius 3 is 2.35 bits per heavy atom. The van der Waals surface area contributed by atoms with Gasteiger partial charge in [0.15, 0.2) is 5.78 Å². The van der Waals surface area contributed by atoms with Gasteiger partial charge in [0.2, 0.25) is 0 Å². The SMILES string of the molecule is CCN(CC)CCC(=O)/C=C/c1ccc([N+](=O)[O-])cc1. The number of hydrogen-bond donors (Lipinski definition) is 0. The number of carbonyl (C=O) groups excluding carboxylic acids is 1. The van der Waals surface area contributed by atoms with Crippen molar-refractivity contribution in [3.63, 3.8) is 0 Å². The Balaban J connectivity index is 2.50. The van der Waals surface area contributed by atoms with E-state index in [1.54, 1.807) is 18.2 Å². The maximum atomic E-state index is 11.7. The molecule has 20 heavy (non-hydrogen) atoms. The number of nitrogens with zero attached hydrogens (tertiary/aromatic N) is 2. The molecule has 0 fully saturated rings. The van der Waals surface area contributed by atoms with Gasteiger partial charge >= 0.3 is 0 Å². The van der Waals surface area contributed by atoms with Crippen LogP contribution in [0.1, 0.15) is 25.8 Å². The fraction of sp³-hybridized carbons (Fsp3) is 0.400. The van der Waals surface area contributed by atoms with E-state index >= 15 is 0 Å². The normalized spacial score (nSPS) is 11.2. The maximum Gasteiger partial charge on any atom is 0.269 e. The number of rotatable bonds is 8. The first kappa shape index (κ1) is 16.0. The zero-order chi connectivity index (χ0) is 15.0. The van der Waals surface area contributed by atoms with Crippen molar-refractivity contribution in [2.24, 2.45) is 0 Å². The fourth-order valence-electron chi connectivity index (χ4n) is 1.79. The zero-order valence-corrected chi connectivity index (χ0v) is 11.9. The number of non-ortho nitro benzene ring substituents is 1. The van der Waals surface area contributed by atoms with E-state index in [9.17, 15) is 14.9 Å². The average Bonchev–Trinajstić information content (AvgIpc) is 2.46. The van der Waals surface area contributed by atoms with Crippen LogP contribution in [0.15, 0.2) is 30.3 Å². The first-order chi connectivity index (χ1) is 9.56. The van der Waals surface area contributed by atoms with Crippen LogP contribution < -0.4 is 0 Å². The number of hydrogen-bond acceptors (Lipinski definition) is 4.